The quantitative estimate of drug-likeness (QED) is 0.161. The van der Waals surface area contributed by atoms with Crippen molar-refractivity contribution in [3.8, 4) is 11.5 Å². The lowest BCUT2D eigenvalue weighted by Crippen LogP contribution is -2.44. The SMILES string of the molecule is COc1cc(CC(=O)N2CCC(OCc3ccccc3)C2COc2ccc(C(=O)O)cc2)ccc1NC(=O)Nc1ccccc1Cl. The molecule has 0 aromatic heterocycles. The fourth-order valence-corrected chi connectivity index (χ4v) is 5.43. The molecule has 2 unspecified atom stereocenters. The minimum atomic E-state index is -1.02. The van der Waals surface area contributed by atoms with Gasteiger partial charge in [0.05, 0.1) is 54.2 Å². The topological polar surface area (TPSA) is 126 Å². The van der Waals surface area contributed by atoms with Crippen molar-refractivity contribution < 1.29 is 33.7 Å². The third kappa shape index (κ3) is 8.35. The summed E-state index contributed by atoms with van der Waals surface area (Å²) >= 11 is 6.15. The minimum Gasteiger partial charge on any atom is -0.495 e. The minimum absolute atomic E-state index is 0.0949. The molecule has 238 valence electrons. The largest absolute Gasteiger partial charge is 0.495 e. The van der Waals surface area contributed by atoms with Crippen LogP contribution in [0.3, 0.4) is 0 Å². The van der Waals surface area contributed by atoms with Crippen molar-refractivity contribution in [2.45, 2.75) is 31.6 Å². The van der Waals surface area contributed by atoms with Crippen molar-refractivity contribution in [2.24, 2.45) is 0 Å². The fourth-order valence-electron chi connectivity index (χ4n) is 5.24. The predicted octanol–water partition coefficient (Wildman–Crippen LogP) is 6.50. The van der Waals surface area contributed by atoms with Crippen LogP contribution in [0.25, 0.3) is 0 Å². The average molecular weight is 644 g/mol. The van der Waals surface area contributed by atoms with E-state index in [2.05, 4.69) is 10.6 Å². The molecule has 0 bridgehead atoms. The second kappa shape index (κ2) is 15.3. The van der Waals surface area contributed by atoms with Gasteiger partial charge in [-0.25, -0.2) is 9.59 Å². The first-order valence-electron chi connectivity index (χ1n) is 14.7. The van der Waals surface area contributed by atoms with Gasteiger partial charge in [-0.3, -0.25) is 4.79 Å². The molecule has 1 fully saturated rings. The maximum absolute atomic E-state index is 13.7. The molecule has 5 rings (SSSR count). The highest BCUT2D eigenvalue weighted by Crippen LogP contribution is 2.29. The van der Waals surface area contributed by atoms with Crippen molar-refractivity contribution in [2.75, 3.05) is 30.9 Å². The zero-order valence-electron chi connectivity index (χ0n) is 25.1. The Morgan fingerprint density at radius 3 is 2.33 bits per heavy atom. The number of halogens is 1. The molecule has 2 atom stereocenters. The predicted molar refractivity (Wildman–Crippen MR) is 175 cm³/mol. The Hall–Kier alpha value is -5.06. The second-order valence-electron chi connectivity index (χ2n) is 10.7. The lowest BCUT2D eigenvalue weighted by Gasteiger charge is -2.28. The van der Waals surface area contributed by atoms with Gasteiger partial charge in [0.25, 0.3) is 0 Å². The number of carboxylic acids is 1. The van der Waals surface area contributed by atoms with Gasteiger partial charge in [-0.1, -0.05) is 60.1 Å². The Balaban J connectivity index is 1.26. The molecule has 0 saturated carbocycles. The lowest BCUT2D eigenvalue weighted by atomic mass is 10.1. The van der Waals surface area contributed by atoms with Crippen LogP contribution in [0.4, 0.5) is 16.2 Å². The molecular weight excluding hydrogens is 610 g/mol. The van der Waals surface area contributed by atoms with E-state index in [4.69, 9.17) is 25.8 Å². The Kier molecular flexibility index (Phi) is 10.7. The van der Waals surface area contributed by atoms with Crippen LogP contribution in [-0.2, 0) is 22.6 Å². The van der Waals surface area contributed by atoms with Gasteiger partial charge in [-0.15, -0.1) is 0 Å². The maximum atomic E-state index is 13.7. The van der Waals surface area contributed by atoms with Crippen molar-refractivity contribution in [1.82, 2.24) is 4.90 Å². The van der Waals surface area contributed by atoms with Crippen molar-refractivity contribution in [1.29, 1.82) is 0 Å². The van der Waals surface area contributed by atoms with E-state index in [1.165, 1.54) is 19.2 Å². The number of para-hydroxylation sites is 1. The first kappa shape index (κ1) is 32.3. The molecule has 1 aliphatic heterocycles. The Labute approximate surface area is 271 Å². The molecule has 46 heavy (non-hydrogen) atoms. The number of hydrogen-bond donors (Lipinski definition) is 3. The third-order valence-electron chi connectivity index (χ3n) is 7.62. The van der Waals surface area contributed by atoms with Crippen LogP contribution in [0.15, 0.2) is 97.1 Å². The molecule has 0 spiro atoms. The monoisotopic (exact) mass is 643 g/mol. The summed E-state index contributed by atoms with van der Waals surface area (Å²) in [5.74, 6) is -0.235. The number of methoxy groups -OCH3 is 1. The number of ether oxygens (including phenoxy) is 3. The van der Waals surface area contributed by atoms with Crippen molar-refractivity contribution in [3.05, 3.63) is 119 Å². The molecule has 1 aliphatic rings. The standard InChI is InChI=1S/C35H34ClN3O7/c1-44-32-19-24(11-16-29(32)38-35(43)37-28-10-6-5-9-27(28)36)20-33(40)39-18-17-31(46-21-23-7-3-2-4-8-23)30(39)22-45-26-14-12-25(13-15-26)34(41)42/h2-16,19,30-31H,17-18,20-22H2,1H3,(H,41,42)(H2,37,38,43). The van der Waals surface area contributed by atoms with E-state index in [1.54, 1.807) is 59.5 Å². The molecule has 10 nitrogen and oxygen atoms in total. The molecular formula is C35H34ClN3O7. The first-order valence-corrected chi connectivity index (χ1v) is 15.1. The van der Waals surface area contributed by atoms with E-state index in [0.29, 0.717) is 53.0 Å². The van der Waals surface area contributed by atoms with E-state index in [1.807, 2.05) is 30.3 Å². The van der Waals surface area contributed by atoms with Crippen LogP contribution in [0.1, 0.15) is 27.9 Å². The summed E-state index contributed by atoms with van der Waals surface area (Å²) in [6.45, 7) is 1.06. The van der Waals surface area contributed by atoms with Crippen molar-refractivity contribution >= 4 is 40.9 Å². The molecule has 11 heteroatoms. The van der Waals surface area contributed by atoms with Crippen molar-refractivity contribution in [3.63, 3.8) is 0 Å². The summed E-state index contributed by atoms with van der Waals surface area (Å²) in [5, 5.41) is 15.1. The van der Waals surface area contributed by atoms with Gasteiger partial charge in [-0.2, -0.15) is 0 Å². The number of nitrogens with zero attached hydrogens (tertiary/aromatic N) is 1. The van der Waals surface area contributed by atoms with Gasteiger partial charge >= 0.3 is 12.0 Å². The van der Waals surface area contributed by atoms with Crippen LogP contribution in [0.5, 0.6) is 11.5 Å². The van der Waals surface area contributed by atoms with Gasteiger partial charge in [0.15, 0.2) is 0 Å². The molecule has 0 radical (unpaired) electrons. The molecule has 3 N–H and O–H groups in total. The molecule has 4 aromatic carbocycles. The van der Waals surface area contributed by atoms with Crippen LogP contribution in [0.2, 0.25) is 5.02 Å². The van der Waals surface area contributed by atoms with E-state index in [9.17, 15) is 19.5 Å². The summed E-state index contributed by atoms with van der Waals surface area (Å²) in [7, 11) is 1.49. The Bertz CT molecular complexity index is 1670. The Morgan fingerprint density at radius 2 is 1.61 bits per heavy atom. The molecule has 1 saturated heterocycles. The first-order chi connectivity index (χ1) is 22.3. The normalized spacial score (nSPS) is 15.7. The number of hydrogen-bond acceptors (Lipinski definition) is 6. The molecule has 4 aromatic rings. The van der Waals surface area contributed by atoms with Gasteiger partial charge < -0.3 is 34.9 Å². The summed E-state index contributed by atoms with van der Waals surface area (Å²) in [5.41, 5.74) is 2.79. The van der Waals surface area contributed by atoms with Crippen LogP contribution in [-0.4, -0.2) is 60.3 Å². The maximum Gasteiger partial charge on any atom is 0.335 e. The number of amides is 3. The van der Waals surface area contributed by atoms with Crippen LogP contribution >= 0.6 is 11.6 Å². The van der Waals surface area contributed by atoms with E-state index in [-0.39, 0.29) is 36.6 Å². The van der Waals surface area contributed by atoms with E-state index >= 15 is 0 Å². The number of carbonyl (C=O) groups excluding carboxylic acids is 2. The highest BCUT2D eigenvalue weighted by Gasteiger charge is 2.38. The number of carbonyl (C=O) groups is 3. The molecule has 0 aliphatic carbocycles. The number of anilines is 2. The third-order valence-corrected chi connectivity index (χ3v) is 7.95. The smallest absolute Gasteiger partial charge is 0.335 e. The van der Waals surface area contributed by atoms with Gasteiger partial charge in [0, 0.05) is 6.54 Å². The fraction of sp³-hybridized carbons (Fsp3) is 0.229. The van der Waals surface area contributed by atoms with E-state index < -0.39 is 12.0 Å². The second-order valence-corrected chi connectivity index (χ2v) is 11.1. The number of rotatable bonds is 12. The number of nitrogens with one attached hydrogen (secondary N) is 2. The number of urea groups is 1. The zero-order valence-corrected chi connectivity index (χ0v) is 25.9. The molecule has 3 amide bonds. The summed E-state index contributed by atoms with van der Waals surface area (Å²) in [6.07, 6.45) is 0.467. The lowest BCUT2D eigenvalue weighted by molar-refractivity contribution is -0.133. The summed E-state index contributed by atoms with van der Waals surface area (Å²) in [6, 6.07) is 27.2. The molecule has 1 heterocycles. The summed E-state index contributed by atoms with van der Waals surface area (Å²) in [4.78, 5) is 39.3. The van der Waals surface area contributed by atoms with E-state index in [0.717, 1.165) is 5.56 Å². The summed E-state index contributed by atoms with van der Waals surface area (Å²) < 4.78 is 17.8. The number of aromatic carboxylic acids is 1. The van der Waals surface area contributed by atoms with Gasteiger partial charge in [-0.05, 0) is 66.1 Å². The zero-order chi connectivity index (χ0) is 32.5. The number of carboxylic acid groups (broad SMARTS) is 1. The van der Waals surface area contributed by atoms with Gasteiger partial charge in [0.2, 0.25) is 5.91 Å². The highest BCUT2D eigenvalue weighted by molar-refractivity contribution is 6.33. The average Bonchev–Trinajstić information content (AvgIpc) is 3.48. The number of benzene rings is 4. The Morgan fingerprint density at radius 1 is 0.891 bits per heavy atom. The van der Waals surface area contributed by atoms with Crippen LogP contribution < -0.4 is 20.1 Å². The number of likely N-dealkylation sites (tertiary alicyclic amines) is 1. The van der Waals surface area contributed by atoms with Crippen LogP contribution in [0, 0.1) is 0 Å². The highest BCUT2D eigenvalue weighted by atomic mass is 35.5. The van der Waals surface area contributed by atoms with Gasteiger partial charge in [0.1, 0.15) is 18.1 Å².